The van der Waals surface area contributed by atoms with Gasteiger partial charge in [-0.3, -0.25) is 9.78 Å². The Hall–Kier alpha value is -3.84. The fourth-order valence-electron chi connectivity index (χ4n) is 3.41. The van der Waals surface area contributed by atoms with Gasteiger partial charge in [0.2, 0.25) is 0 Å². The summed E-state index contributed by atoms with van der Waals surface area (Å²) in [4.78, 5) is 28.2. The summed E-state index contributed by atoms with van der Waals surface area (Å²) in [7, 11) is 0. The van der Waals surface area contributed by atoms with Crippen molar-refractivity contribution in [1.29, 1.82) is 0 Å². The molecule has 1 atom stereocenters. The fraction of sp³-hybridized carbons (Fsp3) is 0.227. The number of hydrogen-bond acceptors (Lipinski definition) is 7. The van der Waals surface area contributed by atoms with E-state index in [0.29, 0.717) is 19.7 Å². The normalized spacial score (nSPS) is 16.0. The van der Waals surface area contributed by atoms with Crippen LogP contribution in [0.25, 0.3) is 16.6 Å². The molecule has 0 aromatic carbocycles. The van der Waals surface area contributed by atoms with Crippen molar-refractivity contribution in [2.24, 2.45) is 0 Å². The van der Waals surface area contributed by atoms with E-state index in [9.17, 15) is 18.0 Å². The van der Waals surface area contributed by atoms with E-state index >= 15 is 0 Å². The van der Waals surface area contributed by atoms with Crippen LogP contribution in [0.1, 0.15) is 21.5 Å². The molecule has 9 nitrogen and oxygen atoms in total. The Morgan fingerprint density at radius 1 is 1.11 bits per heavy atom. The van der Waals surface area contributed by atoms with Gasteiger partial charge in [-0.2, -0.15) is 13.2 Å². The first kappa shape index (κ1) is 24.3. The zero-order valence-corrected chi connectivity index (χ0v) is 18.7. The van der Waals surface area contributed by atoms with E-state index < -0.39 is 12.1 Å². The summed E-state index contributed by atoms with van der Waals surface area (Å²) < 4.78 is 39.4. The number of halogens is 3. The Morgan fingerprint density at radius 2 is 1.86 bits per heavy atom. The minimum Gasteiger partial charge on any atom is -0.475 e. The smallest absolute Gasteiger partial charge is 0.475 e. The number of carbonyl (C=O) groups is 2. The van der Waals surface area contributed by atoms with Gasteiger partial charge in [-0.15, -0.1) is 16.4 Å². The molecule has 1 amide bonds. The van der Waals surface area contributed by atoms with Gasteiger partial charge in [0.15, 0.2) is 0 Å². The number of aliphatic carboxylic acids is 1. The van der Waals surface area contributed by atoms with Crippen molar-refractivity contribution in [3.63, 3.8) is 0 Å². The highest BCUT2D eigenvalue weighted by Crippen LogP contribution is 2.27. The van der Waals surface area contributed by atoms with Crippen molar-refractivity contribution in [3.05, 3.63) is 70.9 Å². The summed E-state index contributed by atoms with van der Waals surface area (Å²) >= 11 is 1.46. The Balaban J connectivity index is 0.000000364. The van der Waals surface area contributed by atoms with Crippen molar-refractivity contribution in [2.45, 2.75) is 12.3 Å². The van der Waals surface area contributed by atoms with Crippen LogP contribution in [0, 0.1) is 0 Å². The molecule has 0 radical (unpaired) electrons. The molecule has 0 spiro atoms. The minimum absolute atomic E-state index is 0.0414. The van der Waals surface area contributed by atoms with Crippen molar-refractivity contribution < 1.29 is 32.6 Å². The highest BCUT2D eigenvalue weighted by Gasteiger charge is 2.38. The summed E-state index contributed by atoms with van der Waals surface area (Å²) in [6, 6.07) is 11.7. The second-order valence-electron chi connectivity index (χ2n) is 7.35. The van der Waals surface area contributed by atoms with Crippen LogP contribution in [-0.2, 0) is 9.53 Å². The molecule has 1 aliphatic heterocycles. The minimum atomic E-state index is -5.08. The molecule has 182 valence electrons. The third-order valence-corrected chi connectivity index (χ3v) is 5.94. The highest BCUT2D eigenvalue weighted by atomic mass is 32.1. The first-order valence-corrected chi connectivity index (χ1v) is 11.1. The van der Waals surface area contributed by atoms with Crippen LogP contribution >= 0.6 is 11.3 Å². The predicted octanol–water partition coefficient (Wildman–Crippen LogP) is 3.70. The first-order chi connectivity index (χ1) is 16.7. The van der Waals surface area contributed by atoms with E-state index in [4.69, 9.17) is 14.6 Å². The first-order valence-electron chi connectivity index (χ1n) is 10.2. The van der Waals surface area contributed by atoms with Gasteiger partial charge < -0.3 is 14.7 Å². The van der Waals surface area contributed by atoms with E-state index in [2.05, 4.69) is 15.3 Å². The number of carboxylic acid groups (broad SMARTS) is 1. The number of alkyl halides is 3. The number of amides is 1. The zero-order chi connectivity index (χ0) is 25.0. The molecular formula is C22H18F3N5O4S. The maximum Gasteiger partial charge on any atom is 0.490 e. The highest BCUT2D eigenvalue weighted by molar-refractivity contribution is 7.12. The molecule has 35 heavy (non-hydrogen) atoms. The number of thiophene rings is 1. The number of ether oxygens (including phenoxy) is 1. The lowest BCUT2D eigenvalue weighted by Gasteiger charge is -2.31. The number of carbonyl (C=O) groups excluding carboxylic acids is 1. The van der Waals surface area contributed by atoms with Crippen LogP contribution in [0.2, 0.25) is 0 Å². The van der Waals surface area contributed by atoms with Gasteiger partial charge in [0.05, 0.1) is 23.5 Å². The van der Waals surface area contributed by atoms with Crippen LogP contribution in [0.5, 0.6) is 0 Å². The average Bonchev–Trinajstić information content (AvgIpc) is 3.54. The van der Waals surface area contributed by atoms with E-state index in [1.54, 1.807) is 16.9 Å². The Labute approximate surface area is 200 Å². The van der Waals surface area contributed by atoms with E-state index in [-0.39, 0.29) is 12.0 Å². The molecule has 4 aromatic heterocycles. The number of aromatic nitrogens is 4. The number of morpholine rings is 1. The molecule has 5 heterocycles. The van der Waals surface area contributed by atoms with Gasteiger partial charge in [0.25, 0.3) is 5.91 Å². The second-order valence-corrected chi connectivity index (χ2v) is 8.30. The Bertz CT molecular complexity index is 1310. The number of fused-ring (bicyclic) bond motifs is 1. The van der Waals surface area contributed by atoms with Crippen LogP contribution in [0.4, 0.5) is 13.2 Å². The maximum atomic E-state index is 12.7. The van der Waals surface area contributed by atoms with Gasteiger partial charge >= 0.3 is 12.1 Å². The van der Waals surface area contributed by atoms with Crippen LogP contribution in [-0.4, -0.2) is 67.6 Å². The molecule has 5 rings (SSSR count). The largest absolute Gasteiger partial charge is 0.490 e. The Morgan fingerprint density at radius 3 is 2.51 bits per heavy atom. The summed E-state index contributed by atoms with van der Waals surface area (Å²) in [6.45, 7) is 1.53. The number of nitrogens with zero attached hydrogens (tertiary/aromatic N) is 5. The zero-order valence-electron chi connectivity index (χ0n) is 17.9. The van der Waals surface area contributed by atoms with Crippen LogP contribution in [0.3, 0.4) is 0 Å². The number of hydrogen-bond donors (Lipinski definition) is 1. The molecule has 1 fully saturated rings. The van der Waals surface area contributed by atoms with E-state index in [0.717, 1.165) is 27.2 Å². The van der Waals surface area contributed by atoms with Gasteiger partial charge in [-0.1, -0.05) is 17.3 Å². The quantitative estimate of drug-likeness (QED) is 0.452. The lowest BCUT2D eigenvalue weighted by Crippen LogP contribution is -2.42. The molecule has 0 bridgehead atoms. The Kier molecular flexibility index (Phi) is 7.07. The molecule has 4 aromatic rings. The molecule has 13 heteroatoms. The standard InChI is InChI=1S/C20H17N5O2S.C2HF3O2/c26-20(18-2-1-11-28-18)24-9-10-27-17(13-24)19-16-4-3-15(12-25(16)23-22-19)14-5-7-21-8-6-14;3-2(4,5)1(6)7/h1-8,11-12,17H,9-10,13H2;(H,6,7). The van der Waals surface area contributed by atoms with Crippen molar-refractivity contribution >= 4 is 28.7 Å². The van der Waals surface area contributed by atoms with Crippen LogP contribution in [0.15, 0.2) is 60.4 Å². The van der Waals surface area contributed by atoms with Crippen LogP contribution < -0.4 is 0 Å². The van der Waals surface area contributed by atoms with Crippen molar-refractivity contribution in [3.8, 4) is 11.1 Å². The molecule has 1 saturated heterocycles. The molecule has 1 unspecified atom stereocenters. The molecular weight excluding hydrogens is 487 g/mol. The lowest BCUT2D eigenvalue weighted by atomic mass is 10.1. The third-order valence-electron chi connectivity index (χ3n) is 5.09. The monoisotopic (exact) mass is 505 g/mol. The number of carboxylic acids is 1. The summed E-state index contributed by atoms with van der Waals surface area (Å²) in [5.74, 6) is -2.72. The maximum absolute atomic E-state index is 12.7. The molecule has 0 aliphatic carbocycles. The van der Waals surface area contributed by atoms with Gasteiger partial charge in [0, 0.05) is 30.7 Å². The lowest BCUT2D eigenvalue weighted by molar-refractivity contribution is -0.192. The third kappa shape index (κ3) is 5.63. The van der Waals surface area contributed by atoms with E-state index in [1.807, 2.05) is 52.9 Å². The molecule has 1 aliphatic rings. The number of rotatable bonds is 3. The van der Waals surface area contributed by atoms with Crippen molar-refractivity contribution in [1.82, 2.24) is 24.7 Å². The topological polar surface area (TPSA) is 110 Å². The second kappa shape index (κ2) is 10.2. The summed E-state index contributed by atoms with van der Waals surface area (Å²) in [6.07, 6.45) is 0.100. The summed E-state index contributed by atoms with van der Waals surface area (Å²) in [5, 5.41) is 17.7. The molecule has 1 N–H and O–H groups in total. The van der Waals surface area contributed by atoms with Gasteiger partial charge in [-0.25, -0.2) is 9.31 Å². The SMILES string of the molecule is O=C(O)C(F)(F)F.O=C(c1cccs1)N1CCOC(c2nnn3cc(-c4ccncc4)ccc23)C1. The fourth-order valence-corrected chi connectivity index (χ4v) is 4.10. The summed E-state index contributed by atoms with van der Waals surface area (Å²) in [5.41, 5.74) is 3.74. The molecule has 0 saturated carbocycles. The number of pyridine rings is 2. The van der Waals surface area contributed by atoms with Gasteiger partial charge in [-0.05, 0) is 35.2 Å². The predicted molar refractivity (Wildman–Crippen MR) is 119 cm³/mol. The van der Waals surface area contributed by atoms with Gasteiger partial charge in [0.1, 0.15) is 11.8 Å². The van der Waals surface area contributed by atoms with Crippen molar-refractivity contribution in [2.75, 3.05) is 19.7 Å². The van der Waals surface area contributed by atoms with E-state index in [1.165, 1.54) is 11.3 Å². The average molecular weight is 505 g/mol.